The van der Waals surface area contributed by atoms with Gasteiger partial charge in [0, 0.05) is 35.0 Å². The minimum atomic E-state index is -0.417. The number of hydrogen-bond acceptors (Lipinski definition) is 3. The molecule has 3 heterocycles. The summed E-state index contributed by atoms with van der Waals surface area (Å²) in [6.07, 6.45) is 2.33. The molecule has 1 N–H and O–H groups in total. The van der Waals surface area contributed by atoms with E-state index in [9.17, 15) is 8.78 Å². The van der Waals surface area contributed by atoms with E-state index in [2.05, 4.69) is 19.9 Å². The lowest BCUT2D eigenvalue weighted by Crippen LogP contribution is -2.37. The molecule has 1 unspecified atom stereocenters. The summed E-state index contributed by atoms with van der Waals surface area (Å²) >= 11 is 6.04. The Balaban J connectivity index is 1.74. The van der Waals surface area contributed by atoms with E-state index >= 15 is 0 Å². The quantitative estimate of drug-likeness (QED) is 0.484. The maximum Gasteiger partial charge on any atom is 0.226 e. The first kappa shape index (κ1) is 18.1. The lowest BCUT2D eigenvalue weighted by Gasteiger charge is -2.36. The van der Waals surface area contributed by atoms with Crippen LogP contribution in [0.3, 0.4) is 0 Å². The fraction of sp³-hybridized carbons (Fsp3) is 0.182. The second-order valence-corrected chi connectivity index (χ2v) is 7.60. The second-order valence-electron chi connectivity index (χ2n) is 7.20. The van der Waals surface area contributed by atoms with E-state index in [-0.39, 0.29) is 16.9 Å². The summed E-state index contributed by atoms with van der Waals surface area (Å²) in [5.74, 6) is -0.139. The number of aryl methyl sites for hydroxylation is 1. The molecule has 0 bridgehead atoms. The number of rotatable bonds is 2. The van der Waals surface area contributed by atoms with Crippen molar-refractivity contribution in [1.29, 1.82) is 0 Å². The lowest BCUT2D eigenvalue weighted by molar-refractivity contribution is 0.610. The van der Waals surface area contributed by atoms with Gasteiger partial charge in [0.1, 0.15) is 5.82 Å². The molecular formula is C22H17ClF2N4. The van der Waals surface area contributed by atoms with Gasteiger partial charge >= 0.3 is 0 Å². The highest BCUT2D eigenvalue weighted by molar-refractivity contribution is 6.31. The number of aromatic nitrogens is 3. The number of anilines is 1. The molecule has 29 heavy (non-hydrogen) atoms. The van der Waals surface area contributed by atoms with Gasteiger partial charge in [0.25, 0.3) is 0 Å². The van der Waals surface area contributed by atoms with Gasteiger partial charge in [-0.25, -0.2) is 18.7 Å². The maximum absolute atomic E-state index is 14.8. The summed E-state index contributed by atoms with van der Waals surface area (Å²) < 4.78 is 28.4. The van der Waals surface area contributed by atoms with Crippen LogP contribution >= 0.6 is 11.6 Å². The third-order valence-electron chi connectivity index (χ3n) is 5.40. The minimum Gasteiger partial charge on any atom is -0.356 e. The van der Waals surface area contributed by atoms with E-state index < -0.39 is 5.82 Å². The van der Waals surface area contributed by atoms with Gasteiger partial charge in [-0.2, -0.15) is 0 Å². The van der Waals surface area contributed by atoms with Gasteiger partial charge in [0.15, 0.2) is 5.82 Å². The smallest absolute Gasteiger partial charge is 0.226 e. The molecule has 0 spiro atoms. The van der Waals surface area contributed by atoms with E-state index in [1.807, 2.05) is 13.0 Å². The Morgan fingerprint density at radius 1 is 1.10 bits per heavy atom. The van der Waals surface area contributed by atoms with Crippen molar-refractivity contribution in [2.45, 2.75) is 19.4 Å². The fourth-order valence-corrected chi connectivity index (χ4v) is 4.25. The normalized spacial score (nSPS) is 16.3. The number of halogens is 3. The third kappa shape index (κ3) is 2.95. The molecule has 2 aromatic carbocycles. The number of nitrogens with one attached hydrogen (secondary N) is 1. The van der Waals surface area contributed by atoms with E-state index in [0.29, 0.717) is 29.8 Å². The van der Waals surface area contributed by atoms with Crippen molar-refractivity contribution in [1.82, 2.24) is 15.0 Å². The van der Waals surface area contributed by atoms with Gasteiger partial charge in [-0.3, -0.25) is 0 Å². The highest BCUT2D eigenvalue weighted by atomic mass is 35.5. The van der Waals surface area contributed by atoms with Crippen LogP contribution in [0.15, 0.2) is 48.7 Å². The largest absolute Gasteiger partial charge is 0.356 e. The van der Waals surface area contributed by atoms with Gasteiger partial charge in [-0.1, -0.05) is 23.7 Å². The van der Waals surface area contributed by atoms with Crippen molar-refractivity contribution in [2.75, 3.05) is 11.4 Å². The predicted molar refractivity (Wildman–Crippen MR) is 109 cm³/mol. The zero-order valence-corrected chi connectivity index (χ0v) is 16.3. The zero-order chi connectivity index (χ0) is 20.1. The first-order valence-corrected chi connectivity index (χ1v) is 9.71. The van der Waals surface area contributed by atoms with Crippen LogP contribution in [0, 0.1) is 18.6 Å². The van der Waals surface area contributed by atoms with Crippen LogP contribution < -0.4 is 4.90 Å². The SMILES string of the molecule is Cc1ccnc(N2CCc3c([nH]c4ccc(Cl)c(F)c34)C2c2ccc(F)cc2)n1. The monoisotopic (exact) mass is 410 g/mol. The first-order chi connectivity index (χ1) is 14.0. The van der Waals surface area contributed by atoms with Gasteiger partial charge < -0.3 is 9.88 Å². The maximum atomic E-state index is 14.8. The molecule has 2 aromatic heterocycles. The van der Waals surface area contributed by atoms with Gasteiger partial charge in [-0.05, 0) is 54.8 Å². The van der Waals surface area contributed by atoms with E-state index in [0.717, 1.165) is 22.5 Å². The molecule has 1 aliphatic heterocycles. The molecule has 0 radical (unpaired) electrons. The molecule has 5 rings (SSSR count). The molecular weight excluding hydrogens is 394 g/mol. The van der Waals surface area contributed by atoms with Crippen LogP contribution in [-0.2, 0) is 6.42 Å². The summed E-state index contributed by atoms with van der Waals surface area (Å²) in [5.41, 5.74) is 4.15. The predicted octanol–water partition coefficient (Wildman–Crippen LogP) is 5.35. The molecule has 0 saturated carbocycles. The van der Waals surface area contributed by atoms with E-state index in [4.69, 9.17) is 11.6 Å². The van der Waals surface area contributed by atoms with Crippen molar-refractivity contribution in [2.24, 2.45) is 0 Å². The Kier molecular flexibility index (Phi) is 4.24. The zero-order valence-electron chi connectivity index (χ0n) is 15.6. The molecule has 0 amide bonds. The number of hydrogen-bond donors (Lipinski definition) is 1. The van der Waals surface area contributed by atoms with Crippen LogP contribution in [0.4, 0.5) is 14.7 Å². The summed E-state index contributed by atoms with van der Waals surface area (Å²) in [7, 11) is 0. The molecule has 0 aliphatic carbocycles. The highest BCUT2D eigenvalue weighted by Crippen LogP contribution is 2.41. The Morgan fingerprint density at radius 2 is 1.90 bits per heavy atom. The molecule has 4 nitrogen and oxygen atoms in total. The number of nitrogens with zero attached hydrogens (tertiary/aromatic N) is 3. The molecule has 1 atom stereocenters. The number of H-pyrrole nitrogens is 1. The van der Waals surface area contributed by atoms with Crippen molar-refractivity contribution < 1.29 is 8.78 Å². The average Bonchev–Trinajstić information content (AvgIpc) is 3.10. The minimum absolute atomic E-state index is 0.0991. The topological polar surface area (TPSA) is 44.8 Å². The van der Waals surface area contributed by atoms with Crippen molar-refractivity contribution in [3.63, 3.8) is 0 Å². The first-order valence-electron chi connectivity index (χ1n) is 9.33. The number of aromatic amines is 1. The van der Waals surface area contributed by atoms with Crippen molar-refractivity contribution in [3.05, 3.63) is 87.8 Å². The molecule has 1 aliphatic rings. The Morgan fingerprint density at radius 3 is 2.66 bits per heavy atom. The summed E-state index contributed by atoms with van der Waals surface area (Å²) in [6, 6.07) is 11.2. The van der Waals surface area contributed by atoms with Crippen LogP contribution in [0.2, 0.25) is 5.02 Å². The van der Waals surface area contributed by atoms with Gasteiger partial charge in [-0.15, -0.1) is 0 Å². The molecule has 7 heteroatoms. The van der Waals surface area contributed by atoms with Crippen LogP contribution in [-0.4, -0.2) is 21.5 Å². The Hall–Kier alpha value is -2.99. The average molecular weight is 411 g/mol. The second kappa shape index (κ2) is 6.81. The molecule has 0 saturated heterocycles. The number of benzene rings is 2. The van der Waals surface area contributed by atoms with Crippen molar-refractivity contribution in [3.8, 4) is 0 Å². The summed E-state index contributed by atoms with van der Waals surface area (Å²) in [4.78, 5) is 14.5. The van der Waals surface area contributed by atoms with Gasteiger partial charge in [0.05, 0.1) is 11.1 Å². The fourth-order valence-electron chi connectivity index (χ4n) is 4.10. The third-order valence-corrected chi connectivity index (χ3v) is 5.70. The van der Waals surface area contributed by atoms with E-state index in [1.165, 1.54) is 12.1 Å². The van der Waals surface area contributed by atoms with E-state index in [1.54, 1.807) is 30.5 Å². The van der Waals surface area contributed by atoms with Gasteiger partial charge in [0.2, 0.25) is 5.95 Å². The molecule has 0 fully saturated rings. The highest BCUT2D eigenvalue weighted by Gasteiger charge is 2.34. The van der Waals surface area contributed by atoms with Crippen molar-refractivity contribution >= 4 is 28.5 Å². The van der Waals surface area contributed by atoms with Crippen LogP contribution in [0.25, 0.3) is 10.9 Å². The number of fused-ring (bicyclic) bond motifs is 3. The Bertz CT molecular complexity index is 1220. The lowest BCUT2D eigenvalue weighted by atomic mass is 9.92. The summed E-state index contributed by atoms with van der Waals surface area (Å²) in [5, 5.41) is 0.617. The Labute approximate surface area is 171 Å². The molecule has 4 aromatic rings. The van der Waals surface area contributed by atoms with Crippen LogP contribution in [0.5, 0.6) is 0 Å². The van der Waals surface area contributed by atoms with Crippen LogP contribution in [0.1, 0.15) is 28.6 Å². The standard InChI is InChI=1S/C22H17ClF2N4/c1-12-8-10-26-22(27-12)29-11-9-15-18-17(7-6-16(23)19(18)25)28-20(15)21(29)13-2-4-14(24)5-3-13/h2-8,10,21,28H,9,11H2,1H3. The summed E-state index contributed by atoms with van der Waals surface area (Å²) in [6.45, 7) is 2.51. The molecule has 146 valence electrons.